The van der Waals surface area contributed by atoms with E-state index in [0.717, 1.165) is 22.6 Å². The number of para-hydroxylation sites is 1. The second kappa shape index (κ2) is 10.6. The molecular weight excluding hydrogens is 376 g/mol. The van der Waals surface area contributed by atoms with Gasteiger partial charge in [-0.2, -0.15) is 0 Å². The first-order chi connectivity index (χ1) is 14.7. The topological polar surface area (TPSA) is 44.1 Å². The molecule has 0 bridgehead atoms. The Labute approximate surface area is 177 Å². The zero-order valence-electron chi connectivity index (χ0n) is 17.1. The molecule has 0 saturated carbocycles. The number of anilines is 1. The van der Waals surface area contributed by atoms with Crippen LogP contribution in [0.3, 0.4) is 0 Å². The highest BCUT2D eigenvalue weighted by molar-refractivity contribution is 5.47. The van der Waals surface area contributed by atoms with Crippen molar-refractivity contribution in [3.63, 3.8) is 0 Å². The van der Waals surface area contributed by atoms with Gasteiger partial charge < -0.3 is 19.5 Å². The summed E-state index contributed by atoms with van der Waals surface area (Å²) in [7, 11) is 3.26. The van der Waals surface area contributed by atoms with E-state index in [2.05, 4.69) is 10.2 Å². The van der Waals surface area contributed by atoms with Crippen molar-refractivity contribution >= 4 is 5.69 Å². The number of hydrogen-bond acceptors (Lipinski definition) is 4. The van der Waals surface area contributed by atoms with Crippen molar-refractivity contribution in [1.82, 2.24) is 0 Å². The zero-order valence-corrected chi connectivity index (χ0v) is 17.1. The van der Waals surface area contributed by atoms with Crippen LogP contribution in [-0.2, 0) is 13.0 Å². The van der Waals surface area contributed by atoms with Gasteiger partial charge in [0.2, 0.25) is 0 Å². The van der Waals surface area contributed by atoms with Crippen LogP contribution in [0, 0.1) is 6.57 Å². The second-order valence-electron chi connectivity index (χ2n) is 6.56. The lowest BCUT2D eigenvalue weighted by atomic mass is 10.1. The van der Waals surface area contributed by atoms with Crippen LogP contribution in [0.25, 0.3) is 4.85 Å². The molecule has 3 aromatic carbocycles. The molecule has 0 aliphatic carbocycles. The van der Waals surface area contributed by atoms with Gasteiger partial charge in [0.25, 0.3) is 0 Å². The van der Waals surface area contributed by atoms with Crippen molar-refractivity contribution in [2.45, 2.75) is 13.0 Å². The lowest BCUT2D eigenvalue weighted by molar-refractivity contribution is 0.284. The fourth-order valence-electron chi connectivity index (χ4n) is 2.86. The average molecular weight is 400 g/mol. The monoisotopic (exact) mass is 400 g/mol. The Balaban J connectivity index is 1.65. The van der Waals surface area contributed by atoms with Crippen LogP contribution in [0.2, 0.25) is 0 Å². The summed E-state index contributed by atoms with van der Waals surface area (Å²) in [5, 5.41) is 3.16. The van der Waals surface area contributed by atoms with E-state index in [0.29, 0.717) is 30.2 Å². The minimum absolute atomic E-state index is 0.425. The number of ether oxygens (including phenoxy) is 3. The van der Waals surface area contributed by atoms with Crippen molar-refractivity contribution in [1.29, 1.82) is 0 Å². The molecule has 0 spiro atoms. The lowest BCUT2D eigenvalue weighted by Crippen LogP contribution is -1.99. The maximum atomic E-state index is 7.46. The normalized spacial score (nSPS) is 10.8. The highest BCUT2D eigenvalue weighted by Crippen LogP contribution is 2.30. The van der Waals surface area contributed by atoms with Gasteiger partial charge in [-0.05, 0) is 47.5 Å². The summed E-state index contributed by atoms with van der Waals surface area (Å²) in [6.45, 7) is 7.88. The summed E-state index contributed by atoms with van der Waals surface area (Å²) in [5.74, 6) is 2.11. The number of allylic oxidation sites excluding steroid dienone is 1. The summed E-state index contributed by atoms with van der Waals surface area (Å²) < 4.78 is 16.6. The Morgan fingerprint density at radius 3 is 2.30 bits per heavy atom. The molecule has 5 nitrogen and oxygen atoms in total. The van der Waals surface area contributed by atoms with Crippen LogP contribution in [0.5, 0.6) is 17.2 Å². The van der Waals surface area contributed by atoms with E-state index in [4.69, 9.17) is 20.8 Å². The predicted octanol–water partition coefficient (Wildman–Crippen LogP) is 5.70. The van der Waals surface area contributed by atoms with Crippen molar-refractivity contribution in [3.05, 3.63) is 107 Å². The highest BCUT2D eigenvalue weighted by Gasteiger charge is 2.08. The van der Waals surface area contributed by atoms with E-state index in [1.807, 2.05) is 72.8 Å². The fourth-order valence-corrected chi connectivity index (χ4v) is 2.86. The van der Waals surface area contributed by atoms with Gasteiger partial charge in [-0.3, -0.25) is 0 Å². The molecule has 0 unspecified atom stereocenters. The summed E-state index contributed by atoms with van der Waals surface area (Å²) in [6, 6.07) is 23.2. The molecule has 0 aliphatic rings. The molecule has 0 atom stereocenters. The summed E-state index contributed by atoms with van der Waals surface area (Å²) in [4.78, 5) is 3.63. The number of nitrogens with one attached hydrogen (secondary N) is 1. The Morgan fingerprint density at radius 1 is 0.900 bits per heavy atom. The Bertz CT molecular complexity index is 1020. The smallest absolute Gasteiger partial charge is 0.185 e. The molecule has 30 heavy (non-hydrogen) atoms. The third-order valence-electron chi connectivity index (χ3n) is 4.49. The first-order valence-corrected chi connectivity index (χ1v) is 9.52. The number of nitrogens with zero attached hydrogens (tertiary/aromatic N) is 1. The van der Waals surface area contributed by atoms with Gasteiger partial charge in [0.1, 0.15) is 12.4 Å². The molecule has 1 N–H and O–H groups in total. The van der Waals surface area contributed by atoms with Crippen LogP contribution < -0.4 is 19.5 Å². The quantitative estimate of drug-likeness (QED) is 0.468. The molecule has 5 heteroatoms. The van der Waals surface area contributed by atoms with Crippen LogP contribution in [0.4, 0.5) is 5.69 Å². The average Bonchev–Trinajstić information content (AvgIpc) is 2.81. The van der Waals surface area contributed by atoms with Crippen molar-refractivity contribution in [2.75, 3.05) is 19.5 Å². The first kappa shape index (κ1) is 20.8. The Hall–Kier alpha value is -3.91. The molecule has 0 aromatic heterocycles. The zero-order chi connectivity index (χ0) is 21.2. The Kier molecular flexibility index (Phi) is 7.34. The third kappa shape index (κ3) is 5.79. The van der Waals surface area contributed by atoms with Crippen LogP contribution >= 0.6 is 0 Å². The molecular formula is C25H24N2O3. The predicted molar refractivity (Wildman–Crippen MR) is 119 cm³/mol. The van der Waals surface area contributed by atoms with Gasteiger partial charge in [0.15, 0.2) is 17.2 Å². The van der Waals surface area contributed by atoms with Gasteiger partial charge >= 0.3 is 0 Å². The molecule has 0 saturated heterocycles. The molecule has 3 aromatic rings. The first-order valence-electron chi connectivity index (χ1n) is 9.52. The number of hydrogen-bond donors (Lipinski definition) is 1. The van der Waals surface area contributed by atoms with Crippen LogP contribution in [-0.4, -0.2) is 14.2 Å². The van der Waals surface area contributed by atoms with Gasteiger partial charge in [-0.25, -0.2) is 4.85 Å². The summed E-state index contributed by atoms with van der Waals surface area (Å²) in [5.41, 5.74) is 3.55. The van der Waals surface area contributed by atoms with Gasteiger partial charge in [-0.1, -0.05) is 36.4 Å². The van der Waals surface area contributed by atoms with E-state index in [1.54, 1.807) is 20.4 Å². The van der Waals surface area contributed by atoms with Gasteiger partial charge in [0, 0.05) is 18.3 Å². The molecule has 0 heterocycles. The minimum Gasteiger partial charge on any atom is -0.497 e. The lowest BCUT2D eigenvalue weighted by Gasteiger charge is -2.12. The maximum absolute atomic E-state index is 7.46. The van der Waals surface area contributed by atoms with Gasteiger partial charge in [-0.15, -0.1) is 0 Å². The van der Waals surface area contributed by atoms with E-state index in [1.165, 1.54) is 0 Å². The number of benzene rings is 3. The largest absolute Gasteiger partial charge is 0.497 e. The van der Waals surface area contributed by atoms with E-state index >= 15 is 0 Å². The van der Waals surface area contributed by atoms with E-state index in [9.17, 15) is 0 Å². The highest BCUT2D eigenvalue weighted by atomic mass is 16.5. The number of rotatable bonds is 9. The number of methoxy groups -OCH3 is 2. The standard InChI is InChI=1S/C25H24N2O3/c1-26-22(17-27-21-7-5-4-6-8-21)15-20-11-14-24(25(16-20)29-3)30-18-19-9-12-23(28-2)13-10-19/h4-14,16-17,27H,15,18H2,2-3H3/b22-17-. The molecule has 3 rings (SSSR count). The SMILES string of the molecule is [C-]#[N+]/C(=C\Nc1ccccc1)Cc1ccc(OCc2ccc(OC)cc2)c(OC)c1. The van der Waals surface area contributed by atoms with Crippen LogP contribution in [0.15, 0.2) is 84.7 Å². The molecule has 0 amide bonds. The van der Waals surface area contributed by atoms with Crippen molar-refractivity contribution < 1.29 is 14.2 Å². The molecule has 152 valence electrons. The minimum atomic E-state index is 0.425. The van der Waals surface area contributed by atoms with Gasteiger partial charge in [0.05, 0.1) is 20.8 Å². The Morgan fingerprint density at radius 2 is 1.63 bits per heavy atom. The fraction of sp³-hybridized carbons (Fsp3) is 0.160. The molecule has 0 radical (unpaired) electrons. The van der Waals surface area contributed by atoms with Crippen LogP contribution in [0.1, 0.15) is 11.1 Å². The molecule has 0 aliphatic heterocycles. The second-order valence-corrected chi connectivity index (χ2v) is 6.56. The third-order valence-corrected chi connectivity index (χ3v) is 4.49. The van der Waals surface area contributed by atoms with Crippen molar-refractivity contribution in [2.24, 2.45) is 0 Å². The maximum Gasteiger partial charge on any atom is 0.185 e. The van der Waals surface area contributed by atoms with E-state index < -0.39 is 0 Å². The van der Waals surface area contributed by atoms with E-state index in [-0.39, 0.29) is 0 Å². The molecule has 0 fully saturated rings. The summed E-state index contributed by atoms with van der Waals surface area (Å²) in [6.07, 6.45) is 2.24. The summed E-state index contributed by atoms with van der Waals surface area (Å²) >= 11 is 0. The van der Waals surface area contributed by atoms with Crippen molar-refractivity contribution in [3.8, 4) is 17.2 Å².